The second-order valence-electron chi connectivity index (χ2n) is 4.61. The highest BCUT2D eigenvalue weighted by molar-refractivity contribution is 4.66. The number of likely N-dealkylation sites (N-methyl/N-ethyl adjacent to an activating group) is 1. The highest BCUT2D eigenvalue weighted by atomic mass is 19.1. The summed E-state index contributed by atoms with van der Waals surface area (Å²) in [6.07, 6.45) is 0. The number of piperazine rings is 1. The molecule has 0 N–H and O–H groups in total. The number of halogens is 1. The van der Waals surface area contributed by atoms with E-state index in [1.54, 1.807) is 0 Å². The highest BCUT2D eigenvalue weighted by Gasteiger charge is 2.28. The van der Waals surface area contributed by atoms with E-state index < -0.39 is 0 Å². The number of hydrogen-bond acceptors (Lipinski definition) is 1. The monoisotopic (exact) mass is 189 g/mol. The average molecular weight is 189 g/mol. The van der Waals surface area contributed by atoms with E-state index in [1.807, 2.05) is 0 Å². The lowest BCUT2D eigenvalue weighted by Crippen LogP contribution is -2.59. The Bertz CT molecular complexity index is 151. The van der Waals surface area contributed by atoms with E-state index in [-0.39, 0.29) is 6.67 Å². The average Bonchev–Trinajstić information content (AvgIpc) is 2.05. The van der Waals surface area contributed by atoms with Crippen LogP contribution in [0.1, 0.15) is 13.8 Å². The van der Waals surface area contributed by atoms with Gasteiger partial charge in [-0.2, -0.15) is 0 Å². The smallest absolute Gasteiger partial charge is 0.138 e. The van der Waals surface area contributed by atoms with E-state index in [9.17, 15) is 4.39 Å². The molecule has 1 rings (SSSR count). The lowest BCUT2D eigenvalue weighted by molar-refractivity contribution is -0.913. The molecule has 13 heavy (non-hydrogen) atoms. The summed E-state index contributed by atoms with van der Waals surface area (Å²) >= 11 is 0. The molecule has 0 aromatic heterocycles. The molecule has 1 heterocycles. The van der Waals surface area contributed by atoms with Gasteiger partial charge in [0.05, 0.1) is 20.1 Å². The van der Waals surface area contributed by atoms with Crippen LogP contribution in [0.15, 0.2) is 0 Å². The predicted molar refractivity (Wildman–Crippen MR) is 53.5 cm³/mol. The number of rotatable bonds is 3. The minimum atomic E-state index is -0.182. The molecule has 0 aromatic carbocycles. The highest BCUT2D eigenvalue weighted by Crippen LogP contribution is 2.11. The fourth-order valence-electron chi connectivity index (χ4n) is 1.91. The Morgan fingerprint density at radius 3 is 2.23 bits per heavy atom. The summed E-state index contributed by atoms with van der Waals surface area (Å²) in [5.74, 6) is 0. The molecule has 1 aliphatic rings. The van der Waals surface area contributed by atoms with E-state index >= 15 is 0 Å². The summed E-state index contributed by atoms with van der Waals surface area (Å²) in [7, 11) is 2.16. The van der Waals surface area contributed by atoms with Gasteiger partial charge in [0.2, 0.25) is 0 Å². The second kappa shape index (κ2) is 4.38. The van der Waals surface area contributed by atoms with Gasteiger partial charge in [-0.05, 0) is 13.8 Å². The van der Waals surface area contributed by atoms with Crippen molar-refractivity contribution >= 4 is 0 Å². The van der Waals surface area contributed by atoms with Gasteiger partial charge in [-0.15, -0.1) is 0 Å². The SMILES string of the molecule is CC(C)N1CC[N+](C)(CCF)CC1. The van der Waals surface area contributed by atoms with Crippen LogP contribution in [0.25, 0.3) is 0 Å². The van der Waals surface area contributed by atoms with Gasteiger partial charge in [0.15, 0.2) is 0 Å². The molecule has 0 aliphatic carbocycles. The minimum absolute atomic E-state index is 0.182. The molecule has 0 radical (unpaired) electrons. The molecular formula is C10H22FN2+. The van der Waals surface area contributed by atoms with Crippen LogP contribution < -0.4 is 0 Å². The molecule has 78 valence electrons. The van der Waals surface area contributed by atoms with Gasteiger partial charge in [-0.25, -0.2) is 4.39 Å². The van der Waals surface area contributed by atoms with Gasteiger partial charge in [-0.1, -0.05) is 0 Å². The maximum atomic E-state index is 12.2. The van der Waals surface area contributed by atoms with Crippen LogP contribution in [0, 0.1) is 0 Å². The Labute approximate surface area is 80.9 Å². The van der Waals surface area contributed by atoms with Crippen molar-refractivity contribution in [2.75, 3.05) is 46.4 Å². The molecule has 0 aromatic rings. The molecular weight excluding hydrogens is 167 g/mol. The van der Waals surface area contributed by atoms with Crippen molar-refractivity contribution in [2.45, 2.75) is 19.9 Å². The zero-order valence-electron chi connectivity index (χ0n) is 9.09. The lowest BCUT2D eigenvalue weighted by Gasteiger charge is -2.42. The third kappa shape index (κ3) is 2.92. The van der Waals surface area contributed by atoms with Crippen LogP contribution in [0.5, 0.6) is 0 Å². The number of nitrogens with zero attached hydrogens (tertiary/aromatic N) is 2. The van der Waals surface area contributed by atoms with Crippen molar-refractivity contribution in [1.82, 2.24) is 4.90 Å². The van der Waals surface area contributed by atoms with Crippen LogP contribution in [0.4, 0.5) is 4.39 Å². The van der Waals surface area contributed by atoms with Crippen LogP contribution in [0.2, 0.25) is 0 Å². The summed E-state index contributed by atoms with van der Waals surface area (Å²) < 4.78 is 13.2. The number of quaternary nitrogens is 1. The Balaban J connectivity index is 2.37. The Morgan fingerprint density at radius 1 is 1.31 bits per heavy atom. The zero-order valence-corrected chi connectivity index (χ0v) is 9.09. The Hall–Kier alpha value is -0.150. The predicted octanol–water partition coefficient (Wildman–Crippen LogP) is 1.13. The molecule has 2 nitrogen and oxygen atoms in total. The Morgan fingerprint density at radius 2 is 1.85 bits per heavy atom. The molecule has 1 saturated heterocycles. The molecule has 0 saturated carbocycles. The van der Waals surface area contributed by atoms with Crippen molar-refractivity contribution in [3.8, 4) is 0 Å². The van der Waals surface area contributed by atoms with Crippen LogP contribution in [-0.4, -0.2) is 61.9 Å². The maximum absolute atomic E-state index is 12.2. The van der Waals surface area contributed by atoms with Crippen molar-refractivity contribution in [2.24, 2.45) is 0 Å². The van der Waals surface area contributed by atoms with E-state index in [0.29, 0.717) is 12.6 Å². The number of hydrogen-bond donors (Lipinski definition) is 0. The van der Waals surface area contributed by atoms with Gasteiger partial charge in [-0.3, -0.25) is 4.90 Å². The topological polar surface area (TPSA) is 3.24 Å². The third-order valence-corrected chi connectivity index (χ3v) is 3.21. The first-order valence-electron chi connectivity index (χ1n) is 5.21. The summed E-state index contributed by atoms with van der Waals surface area (Å²) in [4.78, 5) is 2.47. The summed E-state index contributed by atoms with van der Waals surface area (Å²) in [5, 5.41) is 0. The second-order valence-corrected chi connectivity index (χ2v) is 4.61. The first-order valence-corrected chi connectivity index (χ1v) is 5.21. The van der Waals surface area contributed by atoms with Gasteiger partial charge in [0.25, 0.3) is 0 Å². The van der Waals surface area contributed by atoms with E-state index in [1.165, 1.54) is 0 Å². The fourth-order valence-corrected chi connectivity index (χ4v) is 1.91. The quantitative estimate of drug-likeness (QED) is 0.602. The van der Waals surface area contributed by atoms with Crippen molar-refractivity contribution in [1.29, 1.82) is 0 Å². The van der Waals surface area contributed by atoms with E-state index in [0.717, 1.165) is 30.7 Å². The van der Waals surface area contributed by atoms with Crippen LogP contribution >= 0.6 is 0 Å². The molecule has 1 aliphatic heterocycles. The Kier molecular flexibility index (Phi) is 3.68. The molecule has 1 fully saturated rings. The van der Waals surface area contributed by atoms with Crippen LogP contribution in [0.3, 0.4) is 0 Å². The third-order valence-electron chi connectivity index (χ3n) is 3.21. The maximum Gasteiger partial charge on any atom is 0.138 e. The molecule has 0 bridgehead atoms. The fraction of sp³-hybridized carbons (Fsp3) is 1.00. The van der Waals surface area contributed by atoms with Crippen molar-refractivity contribution < 1.29 is 8.87 Å². The largest absolute Gasteiger partial charge is 0.322 e. The minimum Gasteiger partial charge on any atom is -0.322 e. The van der Waals surface area contributed by atoms with Gasteiger partial charge >= 0.3 is 0 Å². The van der Waals surface area contributed by atoms with Crippen LogP contribution in [-0.2, 0) is 0 Å². The first kappa shape index (κ1) is 10.9. The standard InChI is InChI=1S/C10H22FN2/c1-10(2)12-5-8-13(3,7-4-11)9-6-12/h10H,4-9H2,1-3H3/q+1. The lowest BCUT2D eigenvalue weighted by atomic mass is 10.2. The van der Waals surface area contributed by atoms with Gasteiger partial charge in [0.1, 0.15) is 13.2 Å². The van der Waals surface area contributed by atoms with Gasteiger partial charge in [0, 0.05) is 19.1 Å². The first-order chi connectivity index (χ1) is 6.07. The summed E-state index contributed by atoms with van der Waals surface area (Å²) in [6, 6.07) is 0.638. The molecule has 0 amide bonds. The number of alkyl halides is 1. The summed E-state index contributed by atoms with van der Waals surface area (Å²) in [5.41, 5.74) is 0. The molecule has 3 heteroatoms. The van der Waals surface area contributed by atoms with Gasteiger partial charge < -0.3 is 4.48 Å². The van der Waals surface area contributed by atoms with Crippen molar-refractivity contribution in [3.05, 3.63) is 0 Å². The zero-order chi connectivity index (χ0) is 9.90. The molecule has 0 spiro atoms. The molecule has 0 unspecified atom stereocenters. The van der Waals surface area contributed by atoms with Crippen molar-refractivity contribution in [3.63, 3.8) is 0 Å². The summed E-state index contributed by atoms with van der Waals surface area (Å²) in [6.45, 7) is 9.40. The van der Waals surface area contributed by atoms with E-state index in [4.69, 9.17) is 0 Å². The normalized spacial score (nSPS) is 23.8. The van der Waals surface area contributed by atoms with E-state index in [2.05, 4.69) is 25.8 Å². The molecule has 0 atom stereocenters.